The van der Waals surface area contributed by atoms with Crippen LogP contribution in [-0.2, 0) is 12.8 Å². The molecule has 4 aromatic rings. The zero-order valence-electron chi connectivity index (χ0n) is 27.4. The van der Waals surface area contributed by atoms with Crippen LogP contribution in [0.5, 0.6) is 11.5 Å². The van der Waals surface area contributed by atoms with E-state index in [1.807, 2.05) is 12.1 Å². The van der Waals surface area contributed by atoms with Gasteiger partial charge in [-0.2, -0.15) is 0 Å². The summed E-state index contributed by atoms with van der Waals surface area (Å²) in [7, 11) is 0. The largest absolute Gasteiger partial charge is 0.573 e. The Bertz CT molecular complexity index is 1620. The van der Waals surface area contributed by atoms with Gasteiger partial charge in [0.05, 0.1) is 0 Å². The SMILES string of the molecule is Cc1cc(-c2ccc(CCCCCCCCCc3ccc(-c4ccc(OC(F)(F)F)c(C)c4)c(C)c3C)cc2)ccc1OC(F)(F)F. The Morgan fingerprint density at radius 3 is 1.47 bits per heavy atom. The lowest BCUT2D eigenvalue weighted by Crippen LogP contribution is -2.17. The highest BCUT2D eigenvalue weighted by molar-refractivity contribution is 5.71. The van der Waals surface area contributed by atoms with Crippen LogP contribution in [-0.4, -0.2) is 12.7 Å². The predicted octanol–water partition coefficient (Wildman–Crippen LogP) is 12.6. The van der Waals surface area contributed by atoms with Gasteiger partial charge in [0.25, 0.3) is 0 Å². The third-order valence-corrected chi connectivity index (χ3v) is 8.71. The highest BCUT2D eigenvalue weighted by Crippen LogP contribution is 2.34. The average molecular weight is 657 g/mol. The molecule has 2 nitrogen and oxygen atoms in total. The molecule has 4 aromatic carbocycles. The van der Waals surface area contributed by atoms with Crippen LogP contribution in [0.1, 0.15) is 78.3 Å². The van der Waals surface area contributed by atoms with Crippen molar-refractivity contribution >= 4 is 0 Å². The van der Waals surface area contributed by atoms with E-state index in [-0.39, 0.29) is 11.5 Å². The van der Waals surface area contributed by atoms with Gasteiger partial charge in [-0.3, -0.25) is 0 Å². The second-order valence-corrected chi connectivity index (χ2v) is 12.3. The van der Waals surface area contributed by atoms with Crippen LogP contribution in [0.4, 0.5) is 26.3 Å². The molecule has 0 saturated carbocycles. The van der Waals surface area contributed by atoms with Crippen molar-refractivity contribution in [1.82, 2.24) is 0 Å². The molecule has 0 bridgehead atoms. The molecular formula is C39H42F6O2. The first-order valence-corrected chi connectivity index (χ1v) is 16.1. The zero-order valence-corrected chi connectivity index (χ0v) is 27.4. The molecule has 0 N–H and O–H groups in total. The molecule has 0 unspecified atom stereocenters. The number of hydrogen-bond donors (Lipinski definition) is 0. The second-order valence-electron chi connectivity index (χ2n) is 12.3. The summed E-state index contributed by atoms with van der Waals surface area (Å²) in [4.78, 5) is 0. The predicted molar refractivity (Wildman–Crippen MR) is 176 cm³/mol. The van der Waals surface area contributed by atoms with Crippen molar-refractivity contribution in [2.45, 2.75) is 98.2 Å². The topological polar surface area (TPSA) is 18.5 Å². The summed E-state index contributed by atoms with van der Waals surface area (Å²) in [6.07, 6.45) is 0.764. The van der Waals surface area contributed by atoms with E-state index < -0.39 is 12.7 Å². The minimum atomic E-state index is -4.71. The molecule has 252 valence electrons. The summed E-state index contributed by atoms with van der Waals surface area (Å²) in [5, 5.41) is 0. The van der Waals surface area contributed by atoms with Gasteiger partial charge in [-0.05, 0) is 133 Å². The standard InChI is InChI=1S/C39H42F6O2/c1-26-24-33(19-22-36(26)46-38(40,41)42)32-16-14-30(15-17-32)12-10-8-6-5-7-9-11-13-31-18-21-35(29(4)28(31)3)34-20-23-37(27(2)25-34)47-39(43,44)45/h14-25H,5-13H2,1-4H3. The fourth-order valence-electron chi connectivity index (χ4n) is 5.98. The number of unbranched alkanes of at least 4 members (excludes halogenated alkanes) is 6. The number of ether oxygens (including phenoxy) is 2. The molecule has 0 atom stereocenters. The van der Waals surface area contributed by atoms with Crippen molar-refractivity contribution in [3.63, 3.8) is 0 Å². The smallest absolute Gasteiger partial charge is 0.406 e. The van der Waals surface area contributed by atoms with Gasteiger partial charge in [0.1, 0.15) is 11.5 Å². The minimum absolute atomic E-state index is 0.178. The van der Waals surface area contributed by atoms with E-state index in [9.17, 15) is 26.3 Å². The van der Waals surface area contributed by atoms with Gasteiger partial charge in [-0.25, -0.2) is 0 Å². The van der Waals surface area contributed by atoms with Crippen molar-refractivity contribution in [2.75, 3.05) is 0 Å². The Balaban J connectivity index is 1.14. The van der Waals surface area contributed by atoms with E-state index in [0.29, 0.717) is 11.1 Å². The average Bonchev–Trinajstić information content (AvgIpc) is 2.99. The Labute approximate surface area is 273 Å². The highest BCUT2D eigenvalue weighted by Gasteiger charge is 2.32. The fourth-order valence-corrected chi connectivity index (χ4v) is 5.98. The van der Waals surface area contributed by atoms with Gasteiger partial charge in [-0.1, -0.05) is 80.6 Å². The minimum Gasteiger partial charge on any atom is -0.406 e. The Morgan fingerprint density at radius 1 is 0.468 bits per heavy atom. The Kier molecular flexibility index (Phi) is 12.0. The van der Waals surface area contributed by atoms with Gasteiger partial charge in [-0.15, -0.1) is 26.3 Å². The van der Waals surface area contributed by atoms with Crippen molar-refractivity contribution in [1.29, 1.82) is 0 Å². The quantitative estimate of drug-likeness (QED) is 0.0993. The molecule has 0 saturated heterocycles. The van der Waals surface area contributed by atoms with Gasteiger partial charge in [0.15, 0.2) is 0 Å². The van der Waals surface area contributed by atoms with E-state index in [1.165, 1.54) is 60.9 Å². The third kappa shape index (κ3) is 10.8. The summed E-state index contributed by atoms with van der Waals surface area (Å²) in [5.41, 5.74) is 9.53. The molecule has 47 heavy (non-hydrogen) atoms. The Hall–Kier alpha value is -3.94. The number of rotatable bonds is 14. The maximum atomic E-state index is 12.6. The monoisotopic (exact) mass is 656 g/mol. The molecule has 0 fully saturated rings. The van der Waals surface area contributed by atoms with Crippen molar-refractivity contribution < 1.29 is 35.8 Å². The summed E-state index contributed by atoms with van der Waals surface area (Å²) in [6, 6.07) is 21.9. The molecule has 0 aliphatic heterocycles. The molecule has 0 radical (unpaired) electrons. The van der Waals surface area contributed by atoms with Crippen LogP contribution in [0.25, 0.3) is 22.3 Å². The van der Waals surface area contributed by atoms with Crippen LogP contribution in [0.15, 0.2) is 72.8 Å². The van der Waals surface area contributed by atoms with Crippen molar-refractivity contribution in [2.24, 2.45) is 0 Å². The molecule has 0 aliphatic carbocycles. The molecule has 0 aliphatic rings. The molecular weight excluding hydrogens is 614 g/mol. The normalized spacial score (nSPS) is 12.0. The second kappa shape index (κ2) is 15.8. The lowest BCUT2D eigenvalue weighted by atomic mass is 9.91. The van der Waals surface area contributed by atoms with E-state index >= 15 is 0 Å². The van der Waals surface area contributed by atoms with Crippen LogP contribution in [0.2, 0.25) is 0 Å². The molecule has 0 heterocycles. The zero-order chi connectivity index (χ0) is 34.2. The summed E-state index contributed by atoms with van der Waals surface area (Å²) in [5.74, 6) is -0.359. The van der Waals surface area contributed by atoms with Crippen LogP contribution < -0.4 is 9.47 Å². The first-order valence-electron chi connectivity index (χ1n) is 16.1. The Morgan fingerprint density at radius 2 is 0.936 bits per heavy atom. The van der Waals surface area contributed by atoms with E-state index in [4.69, 9.17) is 0 Å². The molecule has 8 heteroatoms. The summed E-state index contributed by atoms with van der Waals surface area (Å²) < 4.78 is 83.7. The number of aryl methyl sites for hydroxylation is 4. The molecule has 0 spiro atoms. The van der Waals surface area contributed by atoms with Crippen molar-refractivity contribution in [3.8, 4) is 33.8 Å². The first kappa shape index (κ1) is 35.9. The number of alkyl halides is 6. The van der Waals surface area contributed by atoms with Gasteiger partial charge in [0.2, 0.25) is 0 Å². The molecule has 4 rings (SSSR count). The van der Waals surface area contributed by atoms with E-state index in [1.54, 1.807) is 38.1 Å². The first-order chi connectivity index (χ1) is 22.2. The van der Waals surface area contributed by atoms with E-state index in [2.05, 4.69) is 47.6 Å². The maximum Gasteiger partial charge on any atom is 0.573 e. The molecule has 0 amide bonds. The van der Waals surface area contributed by atoms with Crippen LogP contribution in [0, 0.1) is 27.7 Å². The van der Waals surface area contributed by atoms with Crippen LogP contribution in [0.3, 0.4) is 0 Å². The third-order valence-electron chi connectivity index (χ3n) is 8.71. The lowest BCUT2D eigenvalue weighted by molar-refractivity contribution is -0.275. The lowest BCUT2D eigenvalue weighted by Gasteiger charge is -2.16. The number of halogens is 6. The van der Waals surface area contributed by atoms with Crippen LogP contribution >= 0.6 is 0 Å². The van der Waals surface area contributed by atoms with Gasteiger partial charge >= 0.3 is 12.7 Å². The summed E-state index contributed by atoms with van der Waals surface area (Å²) >= 11 is 0. The number of hydrogen-bond acceptors (Lipinski definition) is 2. The summed E-state index contributed by atoms with van der Waals surface area (Å²) in [6.45, 7) is 7.41. The molecule has 0 aromatic heterocycles. The fraction of sp³-hybridized carbons (Fsp3) is 0.385. The van der Waals surface area contributed by atoms with Gasteiger partial charge < -0.3 is 9.47 Å². The highest BCUT2D eigenvalue weighted by atomic mass is 19.4. The van der Waals surface area contributed by atoms with Gasteiger partial charge in [0, 0.05) is 0 Å². The maximum absolute atomic E-state index is 12.6. The number of benzene rings is 4. The van der Waals surface area contributed by atoms with Crippen molar-refractivity contribution in [3.05, 3.63) is 106 Å². The van der Waals surface area contributed by atoms with E-state index in [0.717, 1.165) is 53.5 Å².